The van der Waals surface area contributed by atoms with Crippen molar-refractivity contribution in [2.75, 3.05) is 6.54 Å². The second-order valence-corrected chi connectivity index (χ2v) is 4.85. The Morgan fingerprint density at radius 2 is 2.05 bits per heavy atom. The molecule has 0 bridgehead atoms. The predicted octanol–water partition coefficient (Wildman–Crippen LogP) is 0.607. The number of benzene rings is 1. The summed E-state index contributed by atoms with van der Waals surface area (Å²) in [6, 6.07) is 1.85. The van der Waals surface area contributed by atoms with E-state index in [0.717, 1.165) is 23.1 Å². The van der Waals surface area contributed by atoms with E-state index in [4.69, 9.17) is 5.73 Å². The van der Waals surface area contributed by atoms with Gasteiger partial charge in [0.15, 0.2) is 0 Å². The Morgan fingerprint density at radius 3 is 2.67 bits per heavy atom. The van der Waals surface area contributed by atoms with Crippen LogP contribution in [0.4, 0.5) is 13.6 Å². The standard InChI is InChI=1S/C13H13F2N3O3/c1-13(8-6-7(14)2-3-9(8)15)11(20)18(12(21)17-13)5-4-10(16)19/h2-3,6H,4-5H2,1H3,(H2,16,19)(H,17,21). The number of nitrogens with zero attached hydrogens (tertiary/aromatic N) is 1. The fourth-order valence-electron chi connectivity index (χ4n) is 2.19. The normalized spacial score (nSPS) is 21.6. The molecule has 0 spiro atoms. The molecule has 4 amide bonds. The number of hydrogen-bond acceptors (Lipinski definition) is 3. The van der Waals surface area contributed by atoms with Crippen LogP contribution in [-0.2, 0) is 15.1 Å². The maximum atomic E-state index is 13.8. The number of primary amides is 1. The summed E-state index contributed by atoms with van der Waals surface area (Å²) in [5.41, 5.74) is 2.97. The minimum absolute atomic E-state index is 0.207. The molecule has 2 rings (SSSR count). The Kier molecular flexibility index (Phi) is 3.63. The molecular formula is C13H13F2N3O3. The van der Waals surface area contributed by atoms with Crippen LogP contribution in [0.5, 0.6) is 0 Å². The molecule has 1 aromatic carbocycles. The van der Waals surface area contributed by atoms with Gasteiger partial charge in [0.25, 0.3) is 5.91 Å². The number of nitrogens with one attached hydrogen (secondary N) is 1. The summed E-state index contributed by atoms with van der Waals surface area (Å²) in [6.45, 7) is 1.06. The second-order valence-electron chi connectivity index (χ2n) is 4.85. The van der Waals surface area contributed by atoms with Gasteiger partial charge in [-0.3, -0.25) is 14.5 Å². The van der Waals surface area contributed by atoms with Gasteiger partial charge in [-0.15, -0.1) is 0 Å². The summed E-state index contributed by atoms with van der Waals surface area (Å²) in [5, 5.41) is 2.32. The van der Waals surface area contributed by atoms with Crippen molar-refractivity contribution in [3.63, 3.8) is 0 Å². The molecule has 1 atom stereocenters. The molecule has 1 aliphatic heterocycles. The number of hydrogen-bond donors (Lipinski definition) is 2. The van der Waals surface area contributed by atoms with E-state index in [2.05, 4.69) is 5.32 Å². The number of urea groups is 1. The molecule has 1 saturated heterocycles. The van der Waals surface area contributed by atoms with Crippen LogP contribution in [0.1, 0.15) is 18.9 Å². The molecule has 0 saturated carbocycles. The van der Waals surface area contributed by atoms with Gasteiger partial charge < -0.3 is 11.1 Å². The molecule has 3 N–H and O–H groups in total. The third-order valence-electron chi connectivity index (χ3n) is 3.32. The predicted molar refractivity (Wildman–Crippen MR) is 67.8 cm³/mol. The molecule has 6 nitrogen and oxygen atoms in total. The number of imide groups is 1. The molecule has 0 radical (unpaired) electrons. The first-order valence-corrected chi connectivity index (χ1v) is 6.13. The van der Waals surface area contributed by atoms with Crippen molar-refractivity contribution in [3.8, 4) is 0 Å². The lowest BCUT2D eigenvalue weighted by atomic mass is 9.91. The average molecular weight is 297 g/mol. The maximum absolute atomic E-state index is 13.8. The van der Waals surface area contributed by atoms with Crippen LogP contribution in [0.15, 0.2) is 18.2 Å². The van der Waals surface area contributed by atoms with Crippen molar-refractivity contribution in [1.29, 1.82) is 0 Å². The molecule has 0 aliphatic carbocycles. The lowest BCUT2D eigenvalue weighted by molar-refractivity contribution is -0.131. The topological polar surface area (TPSA) is 92.5 Å². The summed E-state index contributed by atoms with van der Waals surface area (Å²) >= 11 is 0. The highest BCUT2D eigenvalue weighted by molar-refractivity contribution is 6.07. The van der Waals surface area contributed by atoms with E-state index < -0.39 is 35.0 Å². The highest BCUT2D eigenvalue weighted by Crippen LogP contribution is 2.31. The average Bonchev–Trinajstić information content (AvgIpc) is 2.62. The molecule has 1 heterocycles. The summed E-state index contributed by atoms with van der Waals surface area (Å²) in [4.78, 5) is 35.6. The van der Waals surface area contributed by atoms with Crippen LogP contribution in [-0.4, -0.2) is 29.3 Å². The lowest BCUT2D eigenvalue weighted by Crippen LogP contribution is -2.42. The quantitative estimate of drug-likeness (QED) is 0.797. The maximum Gasteiger partial charge on any atom is 0.325 e. The summed E-state index contributed by atoms with van der Waals surface area (Å²) in [6.07, 6.45) is -0.207. The van der Waals surface area contributed by atoms with E-state index in [1.54, 1.807) is 0 Å². The van der Waals surface area contributed by atoms with E-state index in [9.17, 15) is 23.2 Å². The fourth-order valence-corrected chi connectivity index (χ4v) is 2.19. The molecule has 0 aromatic heterocycles. The fraction of sp³-hybridized carbons (Fsp3) is 0.308. The van der Waals surface area contributed by atoms with Crippen molar-refractivity contribution in [2.24, 2.45) is 5.73 Å². The molecular weight excluding hydrogens is 284 g/mol. The zero-order valence-electron chi connectivity index (χ0n) is 11.2. The highest BCUT2D eigenvalue weighted by Gasteiger charge is 2.50. The monoisotopic (exact) mass is 297 g/mol. The Labute approximate surface area is 118 Å². The molecule has 112 valence electrons. The van der Waals surface area contributed by atoms with Crippen molar-refractivity contribution < 1.29 is 23.2 Å². The van der Waals surface area contributed by atoms with Gasteiger partial charge in [-0.25, -0.2) is 13.6 Å². The first-order chi connectivity index (χ1) is 9.75. The smallest absolute Gasteiger partial charge is 0.325 e. The number of carbonyl (C=O) groups is 3. The van der Waals surface area contributed by atoms with Gasteiger partial charge in [0.05, 0.1) is 0 Å². The van der Waals surface area contributed by atoms with Crippen LogP contribution in [0.3, 0.4) is 0 Å². The third-order valence-corrected chi connectivity index (χ3v) is 3.32. The van der Waals surface area contributed by atoms with Gasteiger partial charge >= 0.3 is 6.03 Å². The van der Waals surface area contributed by atoms with Crippen LogP contribution in [0.25, 0.3) is 0 Å². The SMILES string of the molecule is CC1(c2cc(F)ccc2F)NC(=O)N(CCC(N)=O)C1=O. The van der Waals surface area contributed by atoms with Gasteiger partial charge in [0.2, 0.25) is 5.91 Å². The first-order valence-electron chi connectivity index (χ1n) is 6.13. The molecule has 21 heavy (non-hydrogen) atoms. The first kappa shape index (κ1) is 14.9. The minimum Gasteiger partial charge on any atom is -0.370 e. The van der Waals surface area contributed by atoms with E-state index in [1.807, 2.05) is 0 Å². The Morgan fingerprint density at radius 1 is 1.38 bits per heavy atom. The molecule has 1 fully saturated rings. The molecule has 1 unspecified atom stereocenters. The second kappa shape index (κ2) is 5.12. The van der Waals surface area contributed by atoms with E-state index in [1.165, 1.54) is 6.92 Å². The molecule has 1 aromatic rings. The van der Waals surface area contributed by atoms with Gasteiger partial charge in [-0.05, 0) is 25.1 Å². The van der Waals surface area contributed by atoms with Crippen LogP contribution in [0.2, 0.25) is 0 Å². The lowest BCUT2D eigenvalue weighted by Gasteiger charge is -2.22. The largest absolute Gasteiger partial charge is 0.370 e. The Balaban J connectivity index is 2.35. The molecule has 1 aliphatic rings. The molecule has 8 heteroatoms. The number of halogens is 2. The number of amides is 4. The third kappa shape index (κ3) is 2.56. The number of rotatable bonds is 4. The highest BCUT2D eigenvalue weighted by atomic mass is 19.1. The van der Waals surface area contributed by atoms with E-state index >= 15 is 0 Å². The van der Waals surface area contributed by atoms with Gasteiger partial charge in [0, 0.05) is 18.5 Å². The zero-order valence-corrected chi connectivity index (χ0v) is 11.2. The van der Waals surface area contributed by atoms with Gasteiger partial charge in [-0.2, -0.15) is 0 Å². The Hall–Kier alpha value is -2.51. The van der Waals surface area contributed by atoms with Gasteiger partial charge in [-0.1, -0.05) is 0 Å². The van der Waals surface area contributed by atoms with E-state index in [-0.39, 0.29) is 18.5 Å². The van der Waals surface area contributed by atoms with Crippen molar-refractivity contribution in [1.82, 2.24) is 10.2 Å². The number of carbonyl (C=O) groups excluding carboxylic acids is 3. The van der Waals surface area contributed by atoms with Crippen LogP contribution < -0.4 is 11.1 Å². The van der Waals surface area contributed by atoms with E-state index in [0.29, 0.717) is 0 Å². The minimum atomic E-state index is -1.72. The van der Waals surface area contributed by atoms with Crippen LogP contribution in [0, 0.1) is 11.6 Å². The summed E-state index contributed by atoms with van der Waals surface area (Å²) in [7, 11) is 0. The summed E-state index contributed by atoms with van der Waals surface area (Å²) in [5.74, 6) is -2.99. The van der Waals surface area contributed by atoms with Crippen LogP contribution >= 0.6 is 0 Å². The zero-order chi connectivity index (χ0) is 15.8. The van der Waals surface area contributed by atoms with Crippen molar-refractivity contribution in [3.05, 3.63) is 35.4 Å². The van der Waals surface area contributed by atoms with Crippen molar-refractivity contribution in [2.45, 2.75) is 18.9 Å². The number of nitrogens with two attached hydrogens (primary N) is 1. The van der Waals surface area contributed by atoms with Gasteiger partial charge in [0.1, 0.15) is 17.2 Å². The Bertz CT molecular complexity index is 635. The van der Waals surface area contributed by atoms with Crippen molar-refractivity contribution >= 4 is 17.8 Å². The summed E-state index contributed by atoms with van der Waals surface area (Å²) < 4.78 is 27.1.